The van der Waals surface area contributed by atoms with Crippen LogP contribution in [-0.4, -0.2) is 66.6 Å². The minimum Gasteiger partial charge on any atom is -0.496 e. The van der Waals surface area contributed by atoms with Gasteiger partial charge in [-0.2, -0.15) is 0 Å². The molecule has 0 aliphatic carbocycles. The van der Waals surface area contributed by atoms with Crippen LogP contribution in [0.3, 0.4) is 0 Å². The summed E-state index contributed by atoms with van der Waals surface area (Å²) >= 11 is 0. The van der Waals surface area contributed by atoms with Crippen LogP contribution >= 0.6 is 0 Å². The zero-order chi connectivity index (χ0) is 23.3. The highest BCUT2D eigenvalue weighted by atomic mass is 16.6. The van der Waals surface area contributed by atoms with Crippen LogP contribution in [0.2, 0.25) is 0 Å². The molecule has 1 aliphatic rings. The third kappa shape index (κ3) is 5.60. The molecule has 1 aromatic carbocycles. The van der Waals surface area contributed by atoms with E-state index in [1.54, 1.807) is 23.0 Å². The Labute approximate surface area is 187 Å². The zero-order valence-corrected chi connectivity index (χ0v) is 18.8. The molecule has 3 rings (SSSR count). The average molecular weight is 444 g/mol. The molecule has 0 spiro atoms. The van der Waals surface area contributed by atoms with Gasteiger partial charge in [-0.15, -0.1) is 0 Å². The molecule has 0 radical (unpaired) electrons. The van der Waals surface area contributed by atoms with E-state index in [1.165, 1.54) is 12.3 Å². The molecular weight excluding hydrogens is 414 g/mol. The number of ether oxygens (including phenoxy) is 2. The van der Waals surface area contributed by atoms with Gasteiger partial charge >= 0.3 is 6.09 Å². The predicted molar refractivity (Wildman–Crippen MR) is 116 cm³/mol. The minimum atomic E-state index is -0.625. The maximum Gasteiger partial charge on any atom is 0.410 e. The zero-order valence-electron chi connectivity index (χ0n) is 18.8. The lowest BCUT2D eigenvalue weighted by Crippen LogP contribution is -2.54. The largest absolute Gasteiger partial charge is 0.496 e. The average Bonchev–Trinajstić information content (AvgIpc) is 3.30. The number of nitrogens with one attached hydrogen (secondary N) is 1. The highest BCUT2D eigenvalue weighted by molar-refractivity contribution is 5.94. The Kier molecular flexibility index (Phi) is 7.07. The quantitative estimate of drug-likeness (QED) is 0.763. The standard InChI is InChI=1S/C23H29N3O6/c1-23(2,3)32-22(29)25-11-12-26(17(15-25)16-8-5-6-9-18(16)30-4)20(27)14-24-21(28)19-10-7-13-31-19/h5-10,13,17H,11-12,14-15H2,1-4H3,(H,24,28). The third-order valence-electron chi connectivity index (χ3n) is 5.00. The van der Waals surface area contributed by atoms with Crippen molar-refractivity contribution >= 4 is 17.9 Å². The van der Waals surface area contributed by atoms with Crippen LogP contribution in [0.4, 0.5) is 4.79 Å². The summed E-state index contributed by atoms with van der Waals surface area (Å²) in [5.74, 6) is 0.00372. The van der Waals surface area contributed by atoms with E-state index < -0.39 is 23.6 Å². The smallest absolute Gasteiger partial charge is 0.410 e. The van der Waals surface area contributed by atoms with E-state index in [4.69, 9.17) is 13.9 Å². The summed E-state index contributed by atoms with van der Waals surface area (Å²) in [6.45, 7) is 6.08. The summed E-state index contributed by atoms with van der Waals surface area (Å²) in [7, 11) is 1.56. The van der Waals surface area contributed by atoms with Crippen molar-refractivity contribution in [3.63, 3.8) is 0 Å². The first-order valence-electron chi connectivity index (χ1n) is 10.4. The number of nitrogens with zero attached hydrogens (tertiary/aromatic N) is 2. The lowest BCUT2D eigenvalue weighted by atomic mass is 10.0. The maximum absolute atomic E-state index is 13.1. The van der Waals surface area contributed by atoms with Gasteiger partial charge in [0.15, 0.2) is 5.76 Å². The van der Waals surface area contributed by atoms with Crippen molar-refractivity contribution in [2.45, 2.75) is 32.4 Å². The summed E-state index contributed by atoms with van der Waals surface area (Å²) in [6.07, 6.45) is 0.959. The van der Waals surface area contributed by atoms with Gasteiger partial charge in [0, 0.05) is 25.2 Å². The van der Waals surface area contributed by atoms with Gasteiger partial charge in [0.2, 0.25) is 5.91 Å². The molecule has 1 aliphatic heterocycles. The number of para-hydroxylation sites is 1. The number of hydrogen-bond donors (Lipinski definition) is 1. The van der Waals surface area contributed by atoms with Crippen molar-refractivity contribution in [1.29, 1.82) is 0 Å². The van der Waals surface area contributed by atoms with Crippen LogP contribution in [0, 0.1) is 0 Å². The van der Waals surface area contributed by atoms with Gasteiger partial charge in [0.25, 0.3) is 5.91 Å². The second-order valence-corrected chi connectivity index (χ2v) is 8.43. The Hall–Kier alpha value is -3.49. The monoisotopic (exact) mass is 443 g/mol. The molecule has 1 fully saturated rings. The number of benzene rings is 1. The van der Waals surface area contributed by atoms with Crippen LogP contribution in [-0.2, 0) is 9.53 Å². The highest BCUT2D eigenvalue weighted by Crippen LogP contribution is 2.32. The number of carbonyl (C=O) groups excluding carboxylic acids is 3. The van der Waals surface area contributed by atoms with Crippen molar-refractivity contribution in [2.75, 3.05) is 33.3 Å². The van der Waals surface area contributed by atoms with Crippen molar-refractivity contribution in [2.24, 2.45) is 0 Å². The number of amides is 3. The summed E-state index contributed by atoms with van der Waals surface area (Å²) in [4.78, 5) is 41.1. The molecule has 0 saturated carbocycles. The van der Waals surface area contributed by atoms with E-state index >= 15 is 0 Å². The number of furan rings is 1. The second-order valence-electron chi connectivity index (χ2n) is 8.43. The Morgan fingerprint density at radius 2 is 1.88 bits per heavy atom. The normalized spacial score (nSPS) is 16.4. The lowest BCUT2D eigenvalue weighted by molar-refractivity contribution is -0.135. The fourth-order valence-electron chi connectivity index (χ4n) is 3.53. The summed E-state index contributed by atoms with van der Waals surface area (Å²) in [5.41, 5.74) is 0.147. The SMILES string of the molecule is COc1ccccc1C1CN(C(=O)OC(C)(C)C)CCN1C(=O)CNC(=O)c1ccco1. The van der Waals surface area contributed by atoms with Gasteiger partial charge in [0.05, 0.1) is 26.0 Å². The van der Waals surface area contributed by atoms with Crippen LogP contribution in [0.25, 0.3) is 0 Å². The molecule has 32 heavy (non-hydrogen) atoms. The Balaban J connectivity index is 1.78. The molecule has 9 heteroatoms. The molecule has 2 heterocycles. The van der Waals surface area contributed by atoms with Gasteiger partial charge in [-0.25, -0.2) is 4.79 Å². The molecule has 3 amide bonds. The number of methoxy groups -OCH3 is 1. The van der Waals surface area contributed by atoms with Crippen LogP contribution in [0.1, 0.15) is 42.9 Å². The number of carbonyl (C=O) groups is 3. The Morgan fingerprint density at radius 1 is 1.12 bits per heavy atom. The second kappa shape index (κ2) is 9.76. The lowest BCUT2D eigenvalue weighted by Gasteiger charge is -2.42. The molecule has 0 bridgehead atoms. The van der Waals surface area contributed by atoms with Crippen molar-refractivity contribution in [1.82, 2.24) is 15.1 Å². The summed E-state index contributed by atoms with van der Waals surface area (Å²) < 4.78 is 16.1. The minimum absolute atomic E-state index is 0.133. The van der Waals surface area contributed by atoms with Crippen molar-refractivity contribution < 1.29 is 28.3 Å². The van der Waals surface area contributed by atoms with E-state index in [0.29, 0.717) is 12.3 Å². The molecule has 1 saturated heterocycles. The van der Waals surface area contributed by atoms with Gasteiger partial charge in [-0.3, -0.25) is 9.59 Å². The highest BCUT2D eigenvalue weighted by Gasteiger charge is 2.36. The van der Waals surface area contributed by atoms with Gasteiger partial charge in [0.1, 0.15) is 11.4 Å². The Morgan fingerprint density at radius 3 is 2.53 bits per heavy atom. The van der Waals surface area contributed by atoms with Crippen LogP contribution < -0.4 is 10.1 Å². The van der Waals surface area contributed by atoms with Crippen LogP contribution in [0.5, 0.6) is 5.75 Å². The molecular formula is C23H29N3O6. The van der Waals surface area contributed by atoms with Gasteiger partial charge in [-0.1, -0.05) is 18.2 Å². The first-order valence-corrected chi connectivity index (χ1v) is 10.4. The fourth-order valence-corrected chi connectivity index (χ4v) is 3.53. The van der Waals surface area contributed by atoms with Crippen LogP contribution in [0.15, 0.2) is 47.1 Å². The molecule has 1 N–H and O–H groups in total. The molecule has 2 aromatic rings. The summed E-state index contributed by atoms with van der Waals surface area (Å²) in [5, 5.41) is 2.59. The molecule has 1 aromatic heterocycles. The van der Waals surface area contributed by atoms with Gasteiger partial charge < -0.3 is 29.0 Å². The number of hydrogen-bond acceptors (Lipinski definition) is 6. The number of rotatable bonds is 5. The molecule has 9 nitrogen and oxygen atoms in total. The van der Waals surface area contributed by atoms with E-state index in [0.717, 1.165) is 5.56 Å². The van der Waals surface area contributed by atoms with Gasteiger partial charge in [-0.05, 0) is 39.0 Å². The first-order chi connectivity index (χ1) is 15.2. The van der Waals surface area contributed by atoms with E-state index in [2.05, 4.69) is 5.32 Å². The third-order valence-corrected chi connectivity index (χ3v) is 5.00. The maximum atomic E-state index is 13.1. The van der Waals surface area contributed by atoms with Crippen molar-refractivity contribution in [3.05, 3.63) is 54.0 Å². The summed E-state index contributed by atoms with van der Waals surface area (Å²) in [6, 6.07) is 10.0. The molecule has 1 atom stereocenters. The molecule has 172 valence electrons. The van der Waals surface area contributed by atoms with E-state index in [9.17, 15) is 14.4 Å². The predicted octanol–water partition coefficient (Wildman–Crippen LogP) is 2.84. The first kappa shape index (κ1) is 23.2. The molecule has 1 unspecified atom stereocenters. The number of piperazine rings is 1. The topological polar surface area (TPSA) is 101 Å². The Bertz CT molecular complexity index is 951. The van der Waals surface area contributed by atoms with Crippen molar-refractivity contribution in [3.8, 4) is 5.75 Å². The van der Waals surface area contributed by atoms with E-state index in [-0.39, 0.29) is 31.3 Å². The van der Waals surface area contributed by atoms with E-state index in [1.807, 2.05) is 45.0 Å². The fraction of sp³-hybridized carbons (Fsp3) is 0.435.